The molecule has 1 heterocycles. The van der Waals surface area contributed by atoms with Crippen LogP contribution in [0.5, 0.6) is 0 Å². The van der Waals surface area contributed by atoms with Crippen molar-refractivity contribution >= 4 is 0 Å². The molecule has 1 aliphatic heterocycles. The van der Waals surface area contributed by atoms with Crippen LogP contribution in [0.25, 0.3) is 0 Å². The molecule has 1 aliphatic carbocycles. The third-order valence-corrected chi connectivity index (χ3v) is 3.83. The van der Waals surface area contributed by atoms with Crippen LogP contribution in [0.3, 0.4) is 0 Å². The Kier molecular flexibility index (Phi) is 4.18. The fourth-order valence-electron chi connectivity index (χ4n) is 2.66. The normalized spacial score (nSPS) is 25.3. The van der Waals surface area contributed by atoms with Crippen molar-refractivity contribution in [1.82, 2.24) is 9.80 Å². The molecule has 0 aromatic rings. The Balaban J connectivity index is 1.70. The maximum atomic E-state index is 12.2. The number of hydrogen-bond donors (Lipinski definition) is 0. The highest BCUT2D eigenvalue weighted by atomic mass is 19.4. The van der Waals surface area contributed by atoms with Gasteiger partial charge in [0.25, 0.3) is 0 Å². The molecule has 0 aromatic carbocycles. The summed E-state index contributed by atoms with van der Waals surface area (Å²) in [7, 11) is 1.71. The predicted molar refractivity (Wildman–Crippen MR) is 62.5 cm³/mol. The van der Waals surface area contributed by atoms with Gasteiger partial charge in [-0.3, -0.25) is 4.90 Å². The van der Waals surface area contributed by atoms with E-state index in [2.05, 4.69) is 4.90 Å². The second-order valence-electron chi connectivity index (χ2n) is 5.60. The molecule has 2 aliphatic rings. The molecule has 1 saturated heterocycles. The molecule has 0 unspecified atom stereocenters. The van der Waals surface area contributed by atoms with Gasteiger partial charge in [0.2, 0.25) is 0 Å². The van der Waals surface area contributed by atoms with Crippen LogP contribution < -0.4 is 0 Å². The van der Waals surface area contributed by atoms with Gasteiger partial charge in [-0.05, 0) is 12.8 Å². The molecule has 0 amide bonds. The van der Waals surface area contributed by atoms with Gasteiger partial charge >= 0.3 is 6.18 Å². The molecule has 3 nitrogen and oxygen atoms in total. The SMILES string of the molecule is COCC1(CN2CCN(CC(F)(F)F)CC2)CC1. The fourth-order valence-corrected chi connectivity index (χ4v) is 2.66. The van der Waals surface area contributed by atoms with E-state index < -0.39 is 12.7 Å². The van der Waals surface area contributed by atoms with E-state index in [9.17, 15) is 13.2 Å². The lowest BCUT2D eigenvalue weighted by Crippen LogP contribution is -2.50. The number of piperazine rings is 1. The van der Waals surface area contributed by atoms with Crippen molar-refractivity contribution in [2.24, 2.45) is 5.41 Å². The summed E-state index contributed by atoms with van der Waals surface area (Å²) in [6.45, 7) is 3.48. The molecule has 2 fully saturated rings. The Morgan fingerprint density at radius 2 is 1.61 bits per heavy atom. The van der Waals surface area contributed by atoms with E-state index in [0.29, 0.717) is 18.5 Å². The van der Waals surface area contributed by atoms with E-state index in [4.69, 9.17) is 4.74 Å². The summed E-state index contributed by atoms with van der Waals surface area (Å²) >= 11 is 0. The molecule has 0 radical (unpaired) electrons. The summed E-state index contributed by atoms with van der Waals surface area (Å²) in [4.78, 5) is 3.77. The van der Waals surface area contributed by atoms with Crippen LogP contribution in [0.1, 0.15) is 12.8 Å². The van der Waals surface area contributed by atoms with Crippen LogP contribution in [-0.4, -0.2) is 69.0 Å². The molecule has 2 rings (SSSR count). The van der Waals surface area contributed by atoms with Gasteiger partial charge in [0, 0.05) is 45.2 Å². The maximum absolute atomic E-state index is 12.2. The lowest BCUT2D eigenvalue weighted by Gasteiger charge is -2.36. The molecule has 6 heteroatoms. The lowest BCUT2D eigenvalue weighted by atomic mass is 10.1. The molecule has 18 heavy (non-hydrogen) atoms. The van der Waals surface area contributed by atoms with Gasteiger partial charge < -0.3 is 9.64 Å². The van der Waals surface area contributed by atoms with Crippen molar-refractivity contribution < 1.29 is 17.9 Å². The summed E-state index contributed by atoms with van der Waals surface area (Å²) in [6.07, 6.45) is -1.71. The quantitative estimate of drug-likeness (QED) is 0.751. The lowest BCUT2D eigenvalue weighted by molar-refractivity contribution is -0.149. The van der Waals surface area contributed by atoms with Crippen molar-refractivity contribution in [2.75, 3.05) is 53.0 Å². The van der Waals surface area contributed by atoms with Crippen LogP contribution >= 0.6 is 0 Å². The van der Waals surface area contributed by atoms with Crippen molar-refractivity contribution in [3.05, 3.63) is 0 Å². The van der Waals surface area contributed by atoms with Gasteiger partial charge in [0.05, 0.1) is 13.2 Å². The van der Waals surface area contributed by atoms with E-state index in [0.717, 1.165) is 26.2 Å². The first-order valence-electron chi connectivity index (χ1n) is 6.43. The smallest absolute Gasteiger partial charge is 0.384 e. The fraction of sp³-hybridized carbons (Fsp3) is 1.00. The number of halogens is 3. The minimum Gasteiger partial charge on any atom is -0.384 e. The maximum Gasteiger partial charge on any atom is 0.401 e. The molecule has 0 N–H and O–H groups in total. The molecule has 106 valence electrons. The van der Waals surface area contributed by atoms with Crippen molar-refractivity contribution in [1.29, 1.82) is 0 Å². The van der Waals surface area contributed by atoms with E-state index >= 15 is 0 Å². The Hall–Kier alpha value is -0.330. The highest BCUT2D eigenvalue weighted by Crippen LogP contribution is 2.46. The second kappa shape index (κ2) is 5.35. The van der Waals surface area contributed by atoms with Gasteiger partial charge in [-0.25, -0.2) is 0 Å². The zero-order valence-corrected chi connectivity index (χ0v) is 10.8. The molecule has 0 bridgehead atoms. The number of nitrogens with zero attached hydrogens (tertiary/aromatic N) is 2. The average Bonchev–Trinajstić information content (AvgIpc) is 3.00. The summed E-state index contributed by atoms with van der Waals surface area (Å²) in [5, 5.41) is 0. The monoisotopic (exact) mass is 266 g/mol. The van der Waals surface area contributed by atoms with Gasteiger partial charge in [-0.2, -0.15) is 13.2 Å². The van der Waals surface area contributed by atoms with Crippen LogP contribution in [0.2, 0.25) is 0 Å². The molecule has 0 aromatic heterocycles. The highest BCUT2D eigenvalue weighted by molar-refractivity contribution is 4.96. The summed E-state index contributed by atoms with van der Waals surface area (Å²) < 4.78 is 42.0. The molecule has 0 spiro atoms. The molecule has 0 atom stereocenters. The molecular weight excluding hydrogens is 245 g/mol. The summed E-state index contributed by atoms with van der Waals surface area (Å²) in [6, 6.07) is 0. The number of rotatable bonds is 5. The zero-order chi connectivity index (χ0) is 13.2. The van der Waals surface area contributed by atoms with E-state index in [-0.39, 0.29) is 0 Å². The van der Waals surface area contributed by atoms with E-state index in [1.54, 1.807) is 7.11 Å². The number of methoxy groups -OCH3 is 1. The van der Waals surface area contributed by atoms with E-state index in [1.807, 2.05) is 0 Å². The molecule has 1 saturated carbocycles. The number of hydrogen-bond acceptors (Lipinski definition) is 3. The third-order valence-electron chi connectivity index (χ3n) is 3.83. The van der Waals surface area contributed by atoms with Gasteiger partial charge in [0.15, 0.2) is 0 Å². The zero-order valence-electron chi connectivity index (χ0n) is 10.8. The van der Waals surface area contributed by atoms with Gasteiger partial charge in [-0.15, -0.1) is 0 Å². The Morgan fingerprint density at radius 1 is 1.06 bits per heavy atom. The van der Waals surface area contributed by atoms with Crippen molar-refractivity contribution in [2.45, 2.75) is 19.0 Å². The van der Waals surface area contributed by atoms with Gasteiger partial charge in [0.1, 0.15) is 0 Å². The van der Waals surface area contributed by atoms with Crippen molar-refractivity contribution in [3.8, 4) is 0 Å². The van der Waals surface area contributed by atoms with E-state index in [1.165, 1.54) is 17.7 Å². The summed E-state index contributed by atoms with van der Waals surface area (Å²) in [5.74, 6) is 0. The second-order valence-corrected chi connectivity index (χ2v) is 5.60. The number of ether oxygens (including phenoxy) is 1. The first-order chi connectivity index (χ1) is 8.42. The van der Waals surface area contributed by atoms with Crippen LogP contribution in [0.4, 0.5) is 13.2 Å². The van der Waals surface area contributed by atoms with Crippen molar-refractivity contribution in [3.63, 3.8) is 0 Å². The minimum absolute atomic E-state index is 0.293. The van der Waals surface area contributed by atoms with Crippen LogP contribution in [0, 0.1) is 5.41 Å². The Bertz CT molecular complexity index is 271. The van der Waals surface area contributed by atoms with Crippen LogP contribution in [0.15, 0.2) is 0 Å². The Labute approximate surface area is 106 Å². The average molecular weight is 266 g/mol. The number of alkyl halides is 3. The first-order valence-corrected chi connectivity index (χ1v) is 6.43. The van der Waals surface area contributed by atoms with Gasteiger partial charge in [-0.1, -0.05) is 0 Å². The minimum atomic E-state index is -4.07. The molecular formula is C12H21F3N2O. The first kappa shape index (κ1) is 14.1. The topological polar surface area (TPSA) is 15.7 Å². The van der Waals surface area contributed by atoms with Crippen LogP contribution in [-0.2, 0) is 4.74 Å². The largest absolute Gasteiger partial charge is 0.401 e. The third kappa shape index (κ3) is 4.10. The predicted octanol–water partition coefficient (Wildman–Crippen LogP) is 1.59. The summed E-state index contributed by atoms with van der Waals surface area (Å²) in [5.41, 5.74) is 0.293. The Morgan fingerprint density at radius 3 is 2.06 bits per heavy atom. The highest BCUT2D eigenvalue weighted by Gasteiger charge is 2.44. The standard InChI is InChI=1S/C12H21F3N2O/c1-18-10-11(2-3-11)8-16-4-6-17(7-5-16)9-12(13,14)15/h2-10H2,1H3.